The number of nitrogens with zero attached hydrogens (tertiary/aromatic N) is 1. The first kappa shape index (κ1) is 13.8. The highest BCUT2D eigenvalue weighted by molar-refractivity contribution is 5.99. The fourth-order valence-corrected chi connectivity index (χ4v) is 2.75. The predicted molar refractivity (Wildman–Crippen MR) is 75.5 cm³/mol. The molecule has 1 aromatic rings. The summed E-state index contributed by atoms with van der Waals surface area (Å²) in [6.45, 7) is 0. The molecule has 112 valence electrons. The second-order valence-electron chi connectivity index (χ2n) is 5.06. The van der Waals surface area contributed by atoms with Gasteiger partial charge in [0, 0.05) is 11.6 Å². The van der Waals surface area contributed by atoms with Crippen molar-refractivity contribution in [1.82, 2.24) is 10.6 Å². The molecule has 8 heteroatoms. The topological polar surface area (TPSA) is 143 Å². The molecule has 0 spiro atoms. The summed E-state index contributed by atoms with van der Waals surface area (Å²) in [6.07, 6.45) is -0.916. The number of allylic oxidation sites excluding steroid dienone is 1. The van der Waals surface area contributed by atoms with Crippen LogP contribution in [0.1, 0.15) is 11.5 Å². The molecule has 0 aliphatic carbocycles. The van der Waals surface area contributed by atoms with Crippen LogP contribution in [0.2, 0.25) is 0 Å². The lowest BCUT2D eigenvalue weighted by molar-refractivity contribution is -0.132. The molecule has 0 aromatic heterocycles. The third-order valence-electron chi connectivity index (χ3n) is 3.74. The average molecular weight is 299 g/mol. The predicted octanol–water partition coefficient (Wildman–Crippen LogP) is -0.142. The number of ether oxygens (including phenoxy) is 1. The molecule has 3 atom stereocenters. The molecule has 2 aliphatic rings. The van der Waals surface area contributed by atoms with E-state index in [0.717, 1.165) is 0 Å². The number of carbonyl (C=O) groups excluding carboxylic acids is 2. The fourth-order valence-electron chi connectivity index (χ4n) is 2.75. The molecule has 3 amide bonds. The molecule has 3 rings (SSSR count). The number of benzene rings is 1. The Hall–Kier alpha value is -3.21. The molecular formula is C14H13N5O3. The maximum Gasteiger partial charge on any atom is 0.324 e. The Balaban J connectivity index is 2.11. The number of rotatable bonds is 1. The van der Waals surface area contributed by atoms with Crippen molar-refractivity contribution in [2.75, 3.05) is 5.73 Å². The van der Waals surface area contributed by atoms with Crippen LogP contribution in [0.25, 0.3) is 0 Å². The van der Waals surface area contributed by atoms with Gasteiger partial charge in [-0.15, -0.1) is 0 Å². The van der Waals surface area contributed by atoms with Gasteiger partial charge in [-0.3, -0.25) is 10.1 Å². The van der Waals surface area contributed by atoms with E-state index >= 15 is 0 Å². The number of hydrogen-bond acceptors (Lipinski definition) is 6. The Bertz CT molecular complexity index is 719. The smallest absolute Gasteiger partial charge is 0.324 e. The summed E-state index contributed by atoms with van der Waals surface area (Å²) in [5.74, 6) is -2.02. The summed E-state index contributed by atoms with van der Waals surface area (Å²) in [6, 6.07) is 8.11. The molecule has 2 aliphatic heterocycles. The van der Waals surface area contributed by atoms with Gasteiger partial charge in [-0.1, -0.05) is 12.1 Å². The lowest BCUT2D eigenvalue weighted by atomic mass is 9.77. The van der Waals surface area contributed by atoms with E-state index in [2.05, 4.69) is 10.6 Å². The first-order valence-electron chi connectivity index (χ1n) is 6.54. The number of amides is 3. The molecule has 2 heterocycles. The van der Waals surface area contributed by atoms with Crippen LogP contribution in [0.15, 0.2) is 35.7 Å². The summed E-state index contributed by atoms with van der Waals surface area (Å²) >= 11 is 0. The number of nitriles is 1. The maximum atomic E-state index is 12.2. The molecule has 0 bridgehead atoms. The zero-order chi connectivity index (χ0) is 15.9. The third kappa shape index (κ3) is 2.09. The number of nitrogens with two attached hydrogens (primary N) is 2. The van der Waals surface area contributed by atoms with Gasteiger partial charge >= 0.3 is 6.03 Å². The SMILES string of the molecule is N#CC1=C(N)OC2NC(=O)NC(=O)C2C1c1ccc(N)cc1. The van der Waals surface area contributed by atoms with E-state index in [1.165, 1.54) is 0 Å². The summed E-state index contributed by atoms with van der Waals surface area (Å²) in [7, 11) is 0. The van der Waals surface area contributed by atoms with Gasteiger partial charge in [0.2, 0.25) is 11.8 Å². The van der Waals surface area contributed by atoms with Crippen LogP contribution in [-0.4, -0.2) is 18.2 Å². The van der Waals surface area contributed by atoms with Gasteiger partial charge in [0.05, 0.1) is 5.57 Å². The third-order valence-corrected chi connectivity index (χ3v) is 3.74. The molecule has 8 nitrogen and oxygen atoms in total. The largest absolute Gasteiger partial charge is 0.454 e. The molecular weight excluding hydrogens is 286 g/mol. The van der Waals surface area contributed by atoms with Crippen LogP contribution in [-0.2, 0) is 9.53 Å². The highest BCUT2D eigenvalue weighted by Crippen LogP contribution is 2.40. The summed E-state index contributed by atoms with van der Waals surface area (Å²) in [5.41, 5.74) is 12.8. The molecule has 6 N–H and O–H groups in total. The number of anilines is 1. The van der Waals surface area contributed by atoms with Crippen LogP contribution in [0.5, 0.6) is 0 Å². The molecule has 22 heavy (non-hydrogen) atoms. The lowest BCUT2D eigenvalue weighted by Crippen LogP contribution is -2.62. The highest BCUT2D eigenvalue weighted by Gasteiger charge is 2.48. The van der Waals surface area contributed by atoms with E-state index < -0.39 is 30.0 Å². The quantitative estimate of drug-likeness (QED) is 0.531. The Morgan fingerprint density at radius 2 is 1.86 bits per heavy atom. The number of nitrogens with one attached hydrogen (secondary N) is 2. The van der Waals surface area contributed by atoms with Gasteiger partial charge in [-0.05, 0) is 17.7 Å². The number of nitrogen functional groups attached to an aromatic ring is 1. The van der Waals surface area contributed by atoms with Gasteiger partial charge in [-0.25, -0.2) is 4.79 Å². The molecule has 0 saturated carbocycles. The van der Waals surface area contributed by atoms with Crippen molar-refractivity contribution in [3.8, 4) is 6.07 Å². The van der Waals surface area contributed by atoms with E-state index in [1.54, 1.807) is 24.3 Å². The van der Waals surface area contributed by atoms with Crippen molar-refractivity contribution in [2.24, 2.45) is 11.7 Å². The second-order valence-corrected chi connectivity index (χ2v) is 5.06. The Kier molecular flexibility index (Phi) is 3.10. The van der Waals surface area contributed by atoms with Crippen LogP contribution in [0.3, 0.4) is 0 Å². The minimum absolute atomic E-state index is 0.0967. The van der Waals surface area contributed by atoms with Crippen molar-refractivity contribution in [3.63, 3.8) is 0 Å². The van der Waals surface area contributed by atoms with E-state index in [0.29, 0.717) is 11.3 Å². The Labute approximate surface area is 125 Å². The minimum Gasteiger partial charge on any atom is -0.454 e. The number of imide groups is 1. The van der Waals surface area contributed by atoms with Gasteiger partial charge in [0.25, 0.3) is 0 Å². The number of urea groups is 1. The molecule has 0 radical (unpaired) electrons. The van der Waals surface area contributed by atoms with Crippen LogP contribution in [0, 0.1) is 17.2 Å². The van der Waals surface area contributed by atoms with Crippen molar-refractivity contribution in [1.29, 1.82) is 5.26 Å². The Morgan fingerprint density at radius 3 is 2.50 bits per heavy atom. The van der Waals surface area contributed by atoms with Crippen LogP contribution >= 0.6 is 0 Å². The summed E-state index contributed by atoms with van der Waals surface area (Å²) in [4.78, 5) is 23.6. The average Bonchev–Trinajstić information content (AvgIpc) is 2.46. The van der Waals surface area contributed by atoms with E-state index in [1.807, 2.05) is 6.07 Å². The van der Waals surface area contributed by atoms with Gasteiger partial charge in [0.15, 0.2) is 6.23 Å². The van der Waals surface area contributed by atoms with Gasteiger partial charge in [0.1, 0.15) is 12.0 Å². The van der Waals surface area contributed by atoms with Crippen LogP contribution in [0.4, 0.5) is 10.5 Å². The number of carbonyl (C=O) groups is 2. The highest BCUT2D eigenvalue weighted by atomic mass is 16.5. The minimum atomic E-state index is -0.916. The number of hydrogen-bond donors (Lipinski definition) is 4. The normalized spacial score (nSPS) is 27.1. The first-order chi connectivity index (χ1) is 10.5. The van der Waals surface area contributed by atoms with Crippen molar-refractivity contribution < 1.29 is 14.3 Å². The molecule has 1 aromatic carbocycles. The zero-order valence-corrected chi connectivity index (χ0v) is 11.4. The Morgan fingerprint density at radius 1 is 1.18 bits per heavy atom. The van der Waals surface area contributed by atoms with E-state index in [-0.39, 0.29) is 11.5 Å². The van der Waals surface area contributed by atoms with Gasteiger partial charge < -0.3 is 21.5 Å². The standard InChI is InChI=1S/C14H13N5O3/c15-5-8-9(6-1-3-7(16)4-2-6)10-12(20)18-14(21)19-13(10)22-11(8)17/h1-4,9-10,13H,16-17H2,(H2,18,19,20,21). The maximum absolute atomic E-state index is 12.2. The van der Waals surface area contributed by atoms with E-state index in [4.69, 9.17) is 16.2 Å². The molecule has 1 fully saturated rings. The summed E-state index contributed by atoms with van der Waals surface area (Å²) in [5, 5.41) is 14.0. The monoisotopic (exact) mass is 299 g/mol. The summed E-state index contributed by atoms with van der Waals surface area (Å²) < 4.78 is 5.33. The van der Waals surface area contributed by atoms with Crippen LogP contribution < -0.4 is 22.1 Å². The fraction of sp³-hybridized carbons (Fsp3) is 0.214. The second kappa shape index (κ2) is 4.96. The van der Waals surface area contributed by atoms with Crippen molar-refractivity contribution in [2.45, 2.75) is 12.1 Å². The molecule has 3 unspecified atom stereocenters. The lowest BCUT2D eigenvalue weighted by Gasteiger charge is -2.39. The zero-order valence-electron chi connectivity index (χ0n) is 11.4. The molecule has 1 saturated heterocycles. The van der Waals surface area contributed by atoms with Crippen molar-refractivity contribution in [3.05, 3.63) is 41.3 Å². The number of fused-ring (bicyclic) bond motifs is 1. The van der Waals surface area contributed by atoms with Crippen molar-refractivity contribution >= 4 is 17.6 Å². The first-order valence-corrected chi connectivity index (χ1v) is 6.54. The van der Waals surface area contributed by atoms with Gasteiger partial charge in [-0.2, -0.15) is 5.26 Å². The van der Waals surface area contributed by atoms with E-state index in [9.17, 15) is 14.9 Å².